The molecule has 0 bridgehead atoms. The summed E-state index contributed by atoms with van der Waals surface area (Å²) >= 11 is 0. The Morgan fingerprint density at radius 2 is 0.739 bits per heavy atom. The van der Waals surface area contributed by atoms with Crippen LogP contribution in [0.3, 0.4) is 0 Å². The molecule has 0 amide bonds. The van der Waals surface area contributed by atoms with E-state index >= 15 is 0 Å². The average molecular weight is 322 g/mol. The number of unbranched alkanes of at least 4 members (excludes halogenated alkanes) is 6. The van der Waals surface area contributed by atoms with Gasteiger partial charge in [-0.2, -0.15) is 10.5 Å². The summed E-state index contributed by atoms with van der Waals surface area (Å²) < 4.78 is 0. The summed E-state index contributed by atoms with van der Waals surface area (Å²) in [4.78, 5) is 0. The Kier molecular flexibility index (Phi) is 19.8. The fourth-order valence-corrected chi connectivity index (χ4v) is 2.37. The first kappa shape index (κ1) is 21.9. The molecule has 0 aromatic rings. The van der Waals surface area contributed by atoms with Crippen molar-refractivity contribution in [2.75, 3.05) is 39.3 Å². The number of rotatable bonds is 18. The first-order chi connectivity index (χ1) is 11.4. The molecule has 0 aromatic heterocycles. The highest BCUT2D eigenvalue weighted by Crippen LogP contribution is 2.00. The topological polar surface area (TPSA) is 83.7 Å². The Morgan fingerprint density at radius 3 is 1.04 bits per heavy atom. The van der Waals surface area contributed by atoms with Gasteiger partial charge in [-0.05, 0) is 51.9 Å². The van der Waals surface area contributed by atoms with E-state index in [1.807, 2.05) is 0 Å². The summed E-state index contributed by atoms with van der Waals surface area (Å²) in [6.45, 7) is 6.01. The molecule has 0 aromatic carbocycles. The molecule has 5 nitrogen and oxygen atoms in total. The van der Waals surface area contributed by atoms with Gasteiger partial charge in [-0.1, -0.05) is 25.7 Å². The highest BCUT2D eigenvalue weighted by Gasteiger charge is 1.93. The molecular weight excluding hydrogens is 286 g/mol. The van der Waals surface area contributed by atoms with Crippen LogP contribution >= 0.6 is 0 Å². The minimum absolute atomic E-state index is 0.613. The molecule has 0 aliphatic rings. The third-order valence-electron chi connectivity index (χ3n) is 3.74. The van der Waals surface area contributed by atoms with Gasteiger partial charge in [-0.3, -0.25) is 0 Å². The number of nitrogens with one attached hydrogen (secondary N) is 3. The molecule has 132 valence electrons. The van der Waals surface area contributed by atoms with Gasteiger partial charge in [0.15, 0.2) is 0 Å². The van der Waals surface area contributed by atoms with E-state index in [9.17, 15) is 0 Å². The van der Waals surface area contributed by atoms with Gasteiger partial charge in [0.05, 0.1) is 12.1 Å². The first-order valence-electron chi connectivity index (χ1n) is 9.28. The van der Waals surface area contributed by atoms with Crippen molar-refractivity contribution in [3.05, 3.63) is 0 Å². The Bertz CT molecular complexity index is 276. The van der Waals surface area contributed by atoms with Crippen LogP contribution in [0.1, 0.15) is 64.2 Å². The van der Waals surface area contributed by atoms with E-state index in [0.717, 1.165) is 39.3 Å². The van der Waals surface area contributed by atoms with Gasteiger partial charge >= 0.3 is 0 Å². The van der Waals surface area contributed by atoms with Crippen LogP contribution in [0.4, 0.5) is 0 Å². The summed E-state index contributed by atoms with van der Waals surface area (Å²) in [5.74, 6) is 0. The van der Waals surface area contributed by atoms with Gasteiger partial charge in [0.2, 0.25) is 0 Å². The van der Waals surface area contributed by atoms with Crippen molar-refractivity contribution >= 4 is 0 Å². The maximum Gasteiger partial charge on any atom is 0.0635 e. The fourth-order valence-electron chi connectivity index (χ4n) is 2.37. The number of nitriles is 2. The first-order valence-corrected chi connectivity index (χ1v) is 9.28. The molecule has 0 radical (unpaired) electrons. The Balaban J connectivity index is 2.95. The molecule has 0 aliphatic heterocycles. The number of hydrogen-bond donors (Lipinski definition) is 3. The van der Waals surface area contributed by atoms with E-state index in [-0.39, 0.29) is 0 Å². The van der Waals surface area contributed by atoms with Gasteiger partial charge in [0.25, 0.3) is 0 Å². The van der Waals surface area contributed by atoms with Crippen molar-refractivity contribution in [2.24, 2.45) is 0 Å². The Hall–Kier alpha value is -1.14. The smallest absolute Gasteiger partial charge is 0.0635 e. The summed E-state index contributed by atoms with van der Waals surface area (Å²) in [5.41, 5.74) is 0. The molecule has 0 rings (SSSR count). The van der Waals surface area contributed by atoms with E-state index in [0.29, 0.717) is 12.8 Å². The van der Waals surface area contributed by atoms with Crippen LogP contribution in [0.2, 0.25) is 0 Å². The van der Waals surface area contributed by atoms with Crippen LogP contribution in [0.5, 0.6) is 0 Å². The van der Waals surface area contributed by atoms with Crippen molar-refractivity contribution in [3.63, 3.8) is 0 Å². The van der Waals surface area contributed by atoms with Gasteiger partial charge < -0.3 is 16.0 Å². The highest BCUT2D eigenvalue weighted by molar-refractivity contribution is 4.70. The minimum Gasteiger partial charge on any atom is -0.317 e. The van der Waals surface area contributed by atoms with Gasteiger partial charge in [-0.25, -0.2) is 0 Å². The predicted octanol–water partition coefficient (Wildman–Crippen LogP) is 2.70. The average Bonchev–Trinajstić information content (AvgIpc) is 2.57. The normalized spacial score (nSPS) is 10.3. The van der Waals surface area contributed by atoms with Crippen LogP contribution in [0.15, 0.2) is 0 Å². The molecule has 0 saturated heterocycles. The lowest BCUT2D eigenvalue weighted by atomic mass is 10.1. The zero-order valence-corrected chi connectivity index (χ0v) is 14.7. The molecule has 0 unspecified atom stereocenters. The van der Waals surface area contributed by atoms with Crippen molar-refractivity contribution < 1.29 is 0 Å². The molecule has 3 N–H and O–H groups in total. The van der Waals surface area contributed by atoms with E-state index in [1.165, 1.54) is 51.4 Å². The Labute approximate surface area is 142 Å². The van der Waals surface area contributed by atoms with Crippen LogP contribution in [-0.2, 0) is 0 Å². The SMILES string of the molecule is N#CCCNCCCCCCNCCCCCCNCCC#N. The van der Waals surface area contributed by atoms with Crippen molar-refractivity contribution in [1.29, 1.82) is 10.5 Å². The lowest BCUT2D eigenvalue weighted by Gasteiger charge is -2.06. The molecule has 0 spiro atoms. The molecule has 23 heavy (non-hydrogen) atoms. The van der Waals surface area contributed by atoms with Crippen molar-refractivity contribution in [2.45, 2.75) is 64.2 Å². The molecule has 0 heterocycles. The molecule has 0 aliphatic carbocycles. The third kappa shape index (κ3) is 20.9. The summed E-state index contributed by atoms with van der Waals surface area (Å²) in [6.07, 6.45) is 11.3. The van der Waals surface area contributed by atoms with Crippen LogP contribution in [-0.4, -0.2) is 39.3 Å². The van der Waals surface area contributed by atoms with Crippen molar-refractivity contribution in [1.82, 2.24) is 16.0 Å². The van der Waals surface area contributed by atoms with Crippen molar-refractivity contribution in [3.8, 4) is 12.1 Å². The van der Waals surface area contributed by atoms with Gasteiger partial charge in [0.1, 0.15) is 0 Å². The van der Waals surface area contributed by atoms with Gasteiger partial charge in [0, 0.05) is 25.9 Å². The fraction of sp³-hybridized carbons (Fsp3) is 0.889. The van der Waals surface area contributed by atoms with Crippen LogP contribution < -0.4 is 16.0 Å². The van der Waals surface area contributed by atoms with Crippen LogP contribution in [0.25, 0.3) is 0 Å². The highest BCUT2D eigenvalue weighted by atomic mass is 14.9. The number of hydrogen-bond acceptors (Lipinski definition) is 5. The van der Waals surface area contributed by atoms with E-state index < -0.39 is 0 Å². The maximum absolute atomic E-state index is 8.40. The zero-order valence-electron chi connectivity index (χ0n) is 14.7. The molecule has 0 saturated carbocycles. The lowest BCUT2D eigenvalue weighted by molar-refractivity contribution is 0.540. The lowest BCUT2D eigenvalue weighted by Crippen LogP contribution is -2.18. The second kappa shape index (κ2) is 20.9. The summed E-state index contributed by atoms with van der Waals surface area (Å²) in [5, 5.41) is 26.9. The monoisotopic (exact) mass is 321 g/mol. The predicted molar refractivity (Wildman–Crippen MR) is 96.0 cm³/mol. The van der Waals surface area contributed by atoms with E-state index in [1.54, 1.807) is 0 Å². The van der Waals surface area contributed by atoms with Crippen LogP contribution in [0, 0.1) is 22.7 Å². The largest absolute Gasteiger partial charge is 0.317 e. The second-order valence-electron chi connectivity index (χ2n) is 5.89. The zero-order chi connectivity index (χ0) is 16.8. The molecular formula is C18H35N5. The summed E-state index contributed by atoms with van der Waals surface area (Å²) in [6, 6.07) is 4.28. The van der Waals surface area contributed by atoms with E-state index in [4.69, 9.17) is 10.5 Å². The van der Waals surface area contributed by atoms with E-state index in [2.05, 4.69) is 28.1 Å². The summed E-state index contributed by atoms with van der Waals surface area (Å²) in [7, 11) is 0. The Morgan fingerprint density at radius 1 is 0.435 bits per heavy atom. The standard InChI is InChI=1S/C18H35N5/c19-11-9-17-22-15-7-3-1-5-13-21-14-6-2-4-8-16-23-18-10-12-20/h21-23H,1-10,13-18H2. The number of nitrogens with zero attached hydrogens (tertiary/aromatic N) is 2. The molecule has 5 heteroatoms. The maximum atomic E-state index is 8.40. The molecule has 0 atom stereocenters. The third-order valence-corrected chi connectivity index (χ3v) is 3.74. The second-order valence-corrected chi connectivity index (χ2v) is 5.89. The van der Waals surface area contributed by atoms with Gasteiger partial charge in [-0.15, -0.1) is 0 Å². The minimum atomic E-state index is 0.613. The quantitative estimate of drug-likeness (QED) is 0.338. The molecule has 0 fully saturated rings.